The van der Waals surface area contributed by atoms with Gasteiger partial charge in [-0.3, -0.25) is 29.3 Å². The summed E-state index contributed by atoms with van der Waals surface area (Å²) in [4.78, 5) is 102. The SMILES string of the molecule is C[C@H](NC(=O)OC(C)(C)C)C(=O)N[C@@H](C)C(=O)Nc1ccc(COC(=O)N(C)CCOCCc2ccc(NC(=O)NCc3ccc4c(c3)CN(C3CCC(=O)NC3=O)C4=O)cc2Cl)cc1. The van der Waals surface area contributed by atoms with E-state index in [1.54, 1.807) is 82.4 Å². The number of likely N-dealkylation sites (N-methyl/N-ethyl adjacent to an activating group) is 1. The first kappa shape index (κ1) is 49.3. The van der Waals surface area contributed by atoms with Gasteiger partial charge in [-0.15, -0.1) is 0 Å². The summed E-state index contributed by atoms with van der Waals surface area (Å²) in [5.74, 6) is -2.12. The molecule has 0 saturated carbocycles. The number of carbonyl (C=O) groups is 8. The first-order chi connectivity index (χ1) is 30.8. The molecule has 0 bridgehead atoms. The zero-order valence-electron chi connectivity index (χ0n) is 37.1. The fourth-order valence-corrected chi connectivity index (χ4v) is 6.92. The molecule has 65 heavy (non-hydrogen) atoms. The van der Waals surface area contributed by atoms with Crippen LogP contribution in [0.25, 0.3) is 0 Å². The molecule has 1 saturated heterocycles. The van der Waals surface area contributed by atoms with E-state index in [9.17, 15) is 38.4 Å². The number of carbonyl (C=O) groups excluding carboxylic acids is 8. The number of rotatable bonds is 17. The molecule has 0 aliphatic carbocycles. The van der Waals surface area contributed by atoms with Crippen LogP contribution in [0.1, 0.15) is 80.1 Å². The van der Waals surface area contributed by atoms with Crippen molar-refractivity contribution in [1.29, 1.82) is 0 Å². The lowest BCUT2D eigenvalue weighted by Crippen LogP contribution is -2.52. The highest BCUT2D eigenvalue weighted by molar-refractivity contribution is 6.31. The van der Waals surface area contributed by atoms with Crippen LogP contribution in [0.4, 0.5) is 25.8 Å². The highest BCUT2D eigenvalue weighted by atomic mass is 35.5. The molecule has 19 nitrogen and oxygen atoms in total. The van der Waals surface area contributed by atoms with E-state index in [1.165, 1.54) is 23.6 Å². The predicted octanol–water partition coefficient (Wildman–Crippen LogP) is 4.61. The standard InChI is InChI=1S/C45H55ClN8O11/c1-26(48-38(56)27(2)49-43(61)65-45(3,4)5)39(57)50-32-11-7-28(8-12-32)25-64-44(62)53(6)18-20-63-19-17-30-10-13-33(22-35(30)46)51-42(60)47-23-29-9-14-34-31(21-29)24-54(41(34)59)36-15-16-37(55)52-40(36)58/h7-14,21-22,26-27,36H,15-20,23-25H2,1-6H3,(H,48,56)(H,49,61)(H,50,57)(H2,47,51,60)(H,52,55,58)/t26-,27-,36?/m0/s1. The molecule has 3 atom stereocenters. The molecular formula is C45H55ClN8O11. The second-order valence-electron chi connectivity index (χ2n) is 16.6. The molecule has 2 heterocycles. The van der Waals surface area contributed by atoms with Gasteiger partial charge in [-0.05, 0) is 100 Å². The Balaban J connectivity index is 0.943. The van der Waals surface area contributed by atoms with E-state index in [-0.39, 0.29) is 57.5 Å². The number of hydrogen-bond acceptors (Lipinski definition) is 11. The third-order valence-electron chi connectivity index (χ3n) is 10.2. The molecule has 3 aromatic carbocycles. The Kier molecular flexibility index (Phi) is 16.9. The lowest BCUT2D eigenvalue weighted by atomic mass is 10.0. The van der Waals surface area contributed by atoms with Gasteiger partial charge < -0.3 is 50.6 Å². The molecule has 2 aliphatic heterocycles. The van der Waals surface area contributed by atoms with Crippen LogP contribution in [0.3, 0.4) is 0 Å². The van der Waals surface area contributed by atoms with Crippen molar-refractivity contribution in [2.45, 2.75) is 97.3 Å². The second kappa shape index (κ2) is 22.3. The van der Waals surface area contributed by atoms with Crippen LogP contribution in [0.2, 0.25) is 5.02 Å². The van der Waals surface area contributed by atoms with Gasteiger partial charge in [0.2, 0.25) is 23.6 Å². The summed E-state index contributed by atoms with van der Waals surface area (Å²) in [5.41, 5.74) is 3.70. The zero-order chi connectivity index (χ0) is 47.4. The van der Waals surface area contributed by atoms with Crippen molar-refractivity contribution < 1.29 is 52.6 Å². The van der Waals surface area contributed by atoms with Crippen molar-refractivity contribution in [3.63, 3.8) is 0 Å². The van der Waals surface area contributed by atoms with Gasteiger partial charge in [0.15, 0.2) is 0 Å². The largest absolute Gasteiger partial charge is 0.445 e. The Bertz CT molecular complexity index is 2280. The molecule has 2 aliphatic rings. The van der Waals surface area contributed by atoms with E-state index in [4.69, 9.17) is 25.8 Å². The average Bonchev–Trinajstić information content (AvgIpc) is 3.56. The van der Waals surface area contributed by atoms with Crippen molar-refractivity contribution in [1.82, 2.24) is 31.1 Å². The summed E-state index contributed by atoms with van der Waals surface area (Å²) >= 11 is 6.51. The van der Waals surface area contributed by atoms with Gasteiger partial charge in [0, 0.05) is 55.1 Å². The van der Waals surface area contributed by atoms with Crippen molar-refractivity contribution in [3.8, 4) is 0 Å². The average molecular weight is 919 g/mol. The molecule has 20 heteroatoms. The van der Waals surface area contributed by atoms with Crippen LogP contribution in [0.15, 0.2) is 60.7 Å². The van der Waals surface area contributed by atoms with E-state index < -0.39 is 59.7 Å². The Morgan fingerprint density at radius 3 is 2.26 bits per heavy atom. The minimum Gasteiger partial charge on any atom is -0.445 e. The number of ether oxygens (including phenoxy) is 3. The van der Waals surface area contributed by atoms with Gasteiger partial charge >= 0.3 is 18.2 Å². The van der Waals surface area contributed by atoms with Crippen molar-refractivity contribution >= 4 is 70.7 Å². The first-order valence-corrected chi connectivity index (χ1v) is 21.4. The van der Waals surface area contributed by atoms with Crippen molar-refractivity contribution in [2.75, 3.05) is 37.4 Å². The number of piperidine rings is 1. The number of nitrogens with one attached hydrogen (secondary N) is 6. The predicted molar refractivity (Wildman–Crippen MR) is 239 cm³/mol. The zero-order valence-corrected chi connectivity index (χ0v) is 37.9. The lowest BCUT2D eigenvalue weighted by Gasteiger charge is -2.29. The number of alkyl carbamates (subject to hydrolysis) is 1. The van der Waals surface area contributed by atoms with E-state index in [1.807, 2.05) is 6.07 Å². The fourth-order valence-electron chi connectivity index (χ4n) is 6.64. The fraction of sp³-hybridized carbons (Fsp3) is 0.422. The molecule has 0 spiro atoms. The van der Waals surface area contributed by atoms with Gasteiger partial charge in [0.05, 0.1) is 13.2 Å². The Hall–Kier alpha value is -6.73. The third kappa shape index (κ3) is 14.7. The van der Waals surface area contributed by atoms with Gasteiger partial charge in [-0.1, -0.05) is 41.9 Å². The minimum absolute atomic E-state index is 0.00921. The summed E-state index contributed by atoms with van der Waals surface area (Å²) in [6.07, 6.45) is -0.368. The molecular weight excluding hydrogens is 864 g/mol. The number of halogens is 1. The lowest BCUT2D eigenvalue weighted by molar-refractivity contribution is -0.137. The Morgan fingerprint density at radius 2 is 1.57 bits per heavy atom. The maximum absolute atomic E-state index is 13.0. The molecule has 6 N–H and O–H groups in total. The van der Waals surface area contributed by atoms with Crippen LogP contribution in [0.5, 0.6) is 0 Å². The number of amides is 9. The summed E-state index contributed by atoms with van der Waals surface area (Å²) in [5, 5.41) is 16.0. The van der Waals surface area contributed by atoms with Crippen LogP contribution >= 0.6 is 11.6 Å². The van der Waals surface area contributed by atoms with Crippen LogP contribution in [-0.2, 0) is 59.5 Å². The van der Waals surface area contributed by atoms with Crippen LogP contribution in [-0.4, -0.2) is 108 Å². The monoisotopic (exact) mass is 918 g/mol. The van der Waals surface area contributed by atoms with Gasteiger partial charge in [-0.25, -0.2) is 14.4 Å². The van der Waals surface area contributed by atoms with Gasteiger partial charge in [0.1, 0.15) is 30.3 Å². The summed E-state index contributed by atoms with van der Waals surface area (Å²) in [6.45, 7) is 9.34. The first-order valence-electron chi connectivity index (χ1n) is 21.0. The summed E-state index contributed by atoms with van der Waals surface area (Å²) in [7, 11) is 1.59. The van der Waals surface area contributed by atoms with Gasteiger partial charge in [0.25, 0.3) is 5.91 Å². The minimum atomic E-state index is -0.933. The number of anilines is 2. The third-order valence-corrected chi connectivity index (χ3v) is 10.6. The topological polar surface area (TPSA) is 243 Å². The molecule has 1 fully saturated rings. The Morgan fingerprint density at radius 1 is 0.877 bits per heavy atom. The molecule has 3 aromatic rings. The van der Waals surface area contributed by atoms with Crippen LogP contribution in [0, 0.1) is 0 Å². The smallest absolute Gasteiger partial charge is 0.409 e. The summed E-state index contributed by atoms with van der Waals surface area (Å²) < 4.78 is 16.3. The molecule has 0 radical (unpaired) electrons. The second-order valence-corrected chi connectivity index (χ2v) is 17.0. The highest BCUT2D eigenvalue weighted by Crippen LogP contribution is 2.28. The quantitative estimate of drug-likeness (QED) is 0.0807. The van der Waals surface area contributed by atoms with E-state index in [2.05, 4.69) is 31.9 Å². The normalized spacial score (nSPS) is 15.5. The number of benzene rings is 3. The van der Waals surface area contributed by atoms with E-state index in [0.29, 0.717) is 40.6 Å². The maximum Gasteiger partial charge on any atom is 0.409 e. The van der Waals surface area contributed by atoms with Crippen molar-refractivity contribution in [3.05, 3.63) is 93.5 Å². The van der Waals surface area contributed by atoms with Crippen LogP contribution < -0.4 is 31.9 Å². The summed E-state index contributed by atoms with van der Waals surface area (Å²) in [6, 6.07) is 14.0. The van der Waals surface area contributed by atoms with E-state index in [0.717, 1.165) is 16.7 Å². The molecule has 0 aromatic heterocycles. The number of fused-ring (bicyclic) bond motifs is 1. The molecule has 348 valence electrons. The molecule has 5 rings (SSSR count). The number of urea groups is 1. The maximum atomic E-state index is 13.0. The Labute approximate surface area is 381 Å². The van der Waals surface area contributed by atoms with Crippen molar-refractivity contribution in [2.24, 2.45) is 0 Å². The number of nitrogens with zero attached hydrogens (tertiary/aromatic N) is 2. The van der Waals surface area contributed by atoms with Gasteiger partial charge in [-0.2, -0.15) is 0 Å². The molecule has 1 unspecified atom stereocenters. The molecule has 9 amide bonds. The number of hydrogen-bond donors (Lipinski definition) is 6. The number of imide groups is 1. The van der Waals surface area contributed by atoms with E-state index >= 15 is 0 Å². The highest BCUT2D eigenvalue weighted by Gasteiger charge is 2.39.